The first-order valence-electron chi connectivity index (χ1n) is 8.48. The molecule has 1 N–H and O–H groups in total. The van der Waals surface area contributed by atoms with Crippen molar-refractivity contribution in [3.05, 3.63) is 64.5 Å². The maximum absolute atomic E-state index is 12.3. The molecule has 0 bridgehead atoms. The van der Waals surface area contributed by atoms with Crippen LogP contribution in [0.15, 0.2) is 53.9 Å². The van der Waals surface area contributed by atoms with E-state index < -0.39 is 0 Å². The van der Waals surface area contributed by atoms with Crippen molar-refractivity contribution >= 4 is 39.7 Å². The summed E-state index contributed by atoms with van der Waals surface area (Å²) in [7, 11) is 0. The summed E-state index contributed by atoms with van der Waals surface area (Å²) in [5.41, 5.74) is 3.30. The van der Waals surface area contributed by atoms with Crippen LogP contribution >= 0.6 is 22.9 Å². The van der Waals surface area contributed by atoms with Gasteiger partial charge in [-0.05, 0) is 50.2 Å². The van der Waals surface area contributed by atoms with Gasteiger partial charge in [0.05, 0.1) is 5.69 Å². The molecule has 3 rings (SSSR count). The Hall–Kier alpha value is -2.37. The Bertz CT molecular complexity index is 871. The first-order valence-corrected chi connectivity index (χ1v) is 9.74. The third kappa shape index (κ3) is 4.23. The maximum Gasteiger partial charge on any atom is 0.255 e. The number of amides is 1. The van der Waals surface area contributed by atoms with Crippen molar-refractivity contribution in [1.29, 1.82) is 0 Å². The number of carbonyl (C=O) groups is 1. The topological polar surface area (TPSA) is 45.2 Å². The van der Waals surface area contributed by atoms with Gasteiger partial charge in [0.25, 0.3) is 5.91 Å². The zero-order valence-corrected chi connectivity index (χ0v) is 16.3. The summed E-state index contributed by atoms with van der Waals surface area (Å²) in [6, 6.07) is 14.5. The van der Waals surface area contributed by atoms with Crippen molar-refractivity contribution in [3.63, 3.8) is 0 Å². The highest BCUT2D eigenvalue weighted by molar-refractivity contribution is 7.14. The third-order valence-electron chi connectivity index (χ3n) is 4.07. The number of carbonyl (C=O) groups excluding carboxylic acids is 1. The number of benzene rings is 2. The number of halogens is 1. The number of hydrogen-bond acceptors (Lipinski definition) is 4. The van der Waals surface area contributed by atoms with Crippen molar-refractivity contribution in [2.45, 2.75) is 13.8 Å². The second kappa shape index (κ2) is 8.34. The van der Waals surface area contributed by atoms with E-state index >= 15 is 0 Å². The van der Waals surface area contributed by atoms with Gasteiger partial charge in [-0.3, -0.25) is 4.79 Å². The fourth-order valence-electron chi connectivity index (χ4n) is 2.57. The summed E-state index contributed by atoms with van der Waals surface area (Å²) in [6.07, 6.45) is 0. The molecule has 0 fully saturated rings. The minimum atomic E-state index is -0.160. The molecule has 0 aliphatic carbocycles. The lowest BCUT2D eigenvalue weighted by Crippen LogP contribution is -2.21. The molecular weight excluding hydrogens is 366 g/mol. The normalized spacial score (nSPS) is 10.6. The summed E-state index contributed by atoms with van der Waals surface area (Å²) >= 11 is 7.50. The van der Waals surface area contributed by atoms with Crippen LogP contribution in [-0.4, -0.2) is 24.0 Å². The van der Waals surface area contributed by atoms with Crippen LogP contribution in [-0.2, 0) is 0 Å². The quantitative estimate of drug-likeness (QED) is 0.604. The Labute approximate surface area is 162 Å². The summed E-state index contributed by atoms with van der Waals surface area (Å²) in [4.78, 5) is 19.2. The smallest absolute Gasteiger partial charge is 0.255 e. The number of aromatic nitrogens is 1. The molecule has 0 spiro atoms. The van der Waals surface area contributed by atoms with E-state index in [1.165, 1.54) is 0 Å². The lowest BCUT2D eigenvalue weighted by atomic mass is 10.1. The van der Waals surface area contributed by atoms with E-state index in [0.29, 0.717) is 10.6 Å². The zero-order valence-electron chi connectivity index (χ0n) is 14.7. The fourth-order valence-corrected chi connectivity index (χ4v) is 3.66. The Morgan fingerprint density at radius 1 is 1.08 bits per heavy atom. The molecular formula is C20H20ClN3OS. The van der Waals surface area contributed by atoms with E-state index in [0.717, 1.165) is 35.2 Å². The highest BCUT2D eigenvalue weighted by Crippen LogP contribution is 2.28. The van der Waals surface area contributed by atoms with Gasteiger partial charge >= 0.3 is 0 Å². The molecule has 0 unspecified atom stereocenters. The van der Waals surface area contributed by atoms with Gasteiger partial charge in [0, 0.05) is 40.3 Å². The first-order chi connectivity index (χ1) is 12.6. The molecule has 3 aromatic rings. The molecule has 26 heavy (non-hydrogen) atoms. The lowest BCUT2D eigenvalue weighted by Gasteiger charge is -2.16. The average molecular weight is 386 g/mol. The van der Waals surface area contributed by atoms with Crippen LogP contribution in [0.25, 0.3) is 11.3 Å². The van der Waals surface area contributed by atoms with E-state index in [4.69, 9.17) is 16.6 Å². The van der Waals surface area contributed by atoms with Gasteiger partial charge in [-0.15, -0.1) is 11.3 Å². The van der Waals surface area contributed by atoms with E-state index in [1.807, 2.05) is 24.3 Å². The largest absolute Gasteiger partial charge is 0.349 e. The van der Waals surface area contributed by atoms with Gasteiger partial charge in [-0.2, -0.15) is 0 Å². The number of anilines is 2. The number of thiazole rings is 1. The van der Waals surface area contributed by atoms with Crippen LogP contribution in [0.5, 0.6) is 0 Å². The highest BCUT2D eigenvalue weighted by Gasteiger charge is 2.10. The Morgan fingerprint density at radius 2 is 1.73 bits per heavy atom. The molecule has 1 aromatic heterocycles. The first kappa shape index (κ1) is 18.4. The molecule has 0 aliphatic rings. The average Bonchev–Trinajstić information content (AvgIpc) is 3.14. The van der Waals surface area contributed by atoms with Crippen LogP contribution < -0.4 is 10.2 Å². The van der Waals surface area contributed by atoms with Crippen LogP contribution in [0.1, 0.15) is 24.2 Å². The summed E-state index contributed by atoms with van der Waals surface area (Å²) in [6.45, 7) is 6.14. The van der Waals surface area contributed by atoms with Crippen LogP contribution in [0.3, 0.4) is 0 Å². The molecule has 0 atom stereocenters. The fraction of sp³-hybridized carbons (Fsp3) is 0.200. The number of nitrogens with zero attached hydrogens (tertiary/aromatic N) is 2. The monoisotopic (exact) mass is 385 g/mol. The van der Waals surface area contributed by atoms with Crippen LogP contribution in [0.2, 0.25) is 5.02 Å². The maximum atomic E-state index is 12.3. The molecule has 0 aliphatic heterocycles. The van der Waals surface area contributed by atoms with Gasteiger partial charge in [0.2, 0.25) is 0 Å². The van der Waals surface area contributed by atoms with E-state index in [9.17, 15) is 4.79 Å². The number of rotatable bonds is 6. The van der Waals surface area contributed by atoms with Gasteiger partial charge in [0.1, 0.15) is 0 Å². The molecule has 0 saturated heterocycles. The summed E-state index contributed by atoms with van der Waals surface area (Å²) in [5, 5.41) is 6.60. The number of hydrogen-bond donors (Lipinski definition) is 1. The second-order valence-electron chi connectivity index (χ2n) is 5.73. The van der Waals surface area contributed by atoms with Gasteiger partial charge in [0.15, 0.2) is 5.13 Å². The lowest BCUT2D eigenvalue weighted by molar-refractivity contribution is 0.102. The molecule has 4 nitrogen and oxygen atoms in total. The molecule has 6 heteroatoms. The molecule has 0 saturated carbocycles. The van der Waals surface area contributed by atoms with E-state index in [-0.39, 0.29) is 5.91 Å². The molecule has 0 radical (unpaired) electrons. The third-order valence-corrected chi connectivity index (χ3v) is 5.22. The van der Waals surface area contributed by atoms with E-state index in [1.54, 1.807) is 35.6 Å². The van der Waals surface area contributed by atoms with Crippen molar-refractivity contribution in [1.82, 2.24) is 4.98 Å². The van der Waals surface area contributed by atoms with Crippen molar-refractivity contribution in [2.24, 2.45) is 0 Å². The van der Waals surface area contributed by atoms with Crippen LogP contribution in [0.4, 0.5) is 10.8 Å². The molecule has 134 valence electrons. The summed E-state index contributed by atoms with van der Waals surface area (Å²) < 4.78 is 0. The van der Waals surface area contributed by atoms with E-state index in [2.05, 4.69) is 29.4 Å². The SMILES string of the molecule is CCN(CC)c1nc(-c2ccc(NC(=O)c3ccc(Cl)cc3)cc2)cs1. The van der Waals surface area contributed by atoms with Gasteiger partial charge in [-0.1, -0.05) is 23.7 Å². The molecule has 1 amide bonds. The molecule has 2 aromatic carbocycles. The minimum Gasteiger partial charge on any atom is -0.349 e. The predicted octanol–water partition coefficient (Wildman–Crippen LogP) is 5.56. The molecule has 1 heterocycles. The highest BCUT2D eigenvalue weighted by atomic mass is 35.5. The number of nitrogens with one attached hydrogen (secondary N) is 1. The Balaban J connectivity index is 1.70. The predicted molar refractivity (Wildman–Crippen MR) is 111 cm³/mol. The van der Waals surface area contributed by atoms with Gasteiger partial charge < -0.3 is 10.2 Å². The van der Waals surface area contributed by atoms with Crippen molar-refractivity contribution in [2.75, 3.05) is 23.3 Å². The zero-order chi connectivity index (χ0) is 18.5. The Kier molecular flexibility index (Phi) is 5.91. The Morgan fingerprint density at radius 3 is 2.35 bits per heavy atom. The summed E-state index contributed by atoms with van der Waals surface area (Å²) in [5.74, 6) is -0.160. The van der Waals surface area contributed by atoms with Crippen LogP contribution in [0, 0.1) is 0 Å². The van der Waals surface area contributed by atoms with Gasteiger partial charge in [-0.25, -0.2) is 4.98 Å². The minimum absolute atomic E-state index is 0.160. The standard InChI is InChI=1S/C20H20ClN3OS/c1-3-24(4-2)20-23-18(13-26-20)14-7-11-17(12-8-14)22-19(25)15-5-9-16(21)10-6-15/h5-13H,3-4H2,1-2H3,(H,22,25). The second-order valence-corrected chi connectivity index (χ2v) is 7.00. The van der Waals surface area contributed by atoms with Crippen molar-refractivity contribution < 1.29 is 4.79 Å². The van der Waals surface area contributed by atoms with Crippen molar-refractivity contribution in [3.8, 4) is 11.3 Å².